The van der Waals surface area contributed by atoms with Crippen LogP contribution in [0.3, 0.4) is 0 Å². The summed E-state index contributed by atoms with van der Waals surface area (Å²) in [6.07, 6.45) is 0. The lowest BCUT2D eigenvalue weighted by molar-refractivity contribution is 0.318. The van der Waals surface area contributed by atoms with Gasteiger partial charge >= 0.3 is 0 Å². The number of nitrogens with zero attached hydrogens (tertiary/aromatic N) is 4. The molecule has 1 rings (SSSR count). The summed E-state index contributed by atoms with van der Waals surface area (Å²) in [6.45, 7) is 3.64. The summed E-state index contributed by atoms with van der Waals surface area (Å²) in [5, 5.41) is 11.8. The second kappa shape index (κ2) is 6.20. The van der Waals surface area contributed by atoms with E-state index in [1.807, 2.05) is 45.1 Å². The van der Waals surface area contributed by atoms with Crippen LogP contribution < -0.4 is 10.6 Å². The maximum Gasteiger partial charge on any atom is 0.173 e. The van der Waals surface area contributed by atoms with Gasteiger partial charge in [0.15, 0.2) is 5.84 Å². The third-order valence-corrected chi connectivity index (χ3v) is 2.64. The Labute approximate surface area is 108 Å². The molecular weight excluding hydrogens is 230 g/mol. The predicted molar refractivity (Wildman–Crippen MR) is 73.3 cm³/mol. The molecule has 0 saturated heterocycles. The standard InChI is InChI=1S/C12H21N5O/c1-9-5-6-10(11(13)15-18)12(14-9)17(4)8-7-16(2)3/h5-6,18H,7-8H2,1-4H3,(H2,13,15). The number of amidine groups is 1. The summed E-state index contributed by atoms with van der Waals surface area (Å²) in [6, 6.07) is 3.66. The number of pyridine rings is 1. The van der Waals surface area contributed by atoms with E-state index in [4.69, 9.17) is 10.9 Å². The number of oxime groups is 1. The largest absolute Gasteiger partial charge is 0.409 e. The van der Waals surface area contributed by atoms with Crippen molar-refractivity contribution in [2.45, 2.75) is 6.92 Å². The second-order valence-corrected chi connectivity index (χ2v) is 4.53. The van der Waals surface area contributed by atoms with Crippen molar-refractivity contribution < 1.29 is 5.21 Å². The molecule has 1 aromatic heterocycles. The Hall–Kier alpha value is -1.82. The molecule has 18 heavy (non-hydrogen) atoms. The van der Waals surface area contributed by atoms with E-state index in [1.54, 1.807) is 0 Å². The molecule has 6 heteroatoms. The molecule has 0 bridgehead atoms. The van der Waals surface area contributed by atoms with Gasteiger partial charge in [-0.05, 0) is 33.2 Å². The zero-order valence-corrected chi connectivity index (χ0v) is 11.4. The first-order chi connectivity index (χ1) is 8.45. The minimum Gasteiger partial charge on any atom is -0.409 e. The molecule has 6 nitrogen and oxygen atoms in total. The van der Waals surface area contributed by atoms with Gasteiger partial charge in [-0.15, -0.1) is 0 Å². The third-order valence-electron chi connectivity index (χ3n) is 2.64. The number of nitrogens with two attached hydrogens (primary N) is 1. The fourth-order valence-electron chi connectivity index (χ4n) is 1.54. The van der Waals surface area contributed by atoms with Gasteiger partial charge in [0.05, 0.1) is 5.56 Å². The van der Waals surface area contributed by atoms with Crippen LogP contribution >= 0.6 is 0 Å². The first kappa shape index (κ1) is 14.2. The lowest BCUT2D eigenvalue weighted by Crippen LogP contribution is -2.31. The van der Waals surface area contributed by atoms with Gasteiger partial charge in [-0.2, -0.15) is 0 Å². The molecule has 3 N–H and O–H groups in total. The Morgan fingerprint density at radius 2 is 2.00 bits per heavy atom. The maximum atomic E-state index is 8.79. The van der Waals surface area contributed by atoms with Gasteiger partial charge in [0.1, 0.15) is 5.82 Å². The van der Waals surface area contributed by atoms with Crippen LogP contribution in [0.25, 0.3) is 0 Å². The molecule has 1 aromatic rings. The molecule has 0 aliphatic rings. The molecule has 0 saturated carbocycles. The minimum atomic E-state index is 0.0780. The van der Waals surface area contributed by atoms with Crippen molar-refractivity contribution in [3.8, 4) is 0 Å². The van der Waals surface area contributed by atoms with E-state index in [0.717, 1.165) is 24.6 Å². The van der Waals surface area contributed by atoms with Gasteiger partial charge in [0, 0.05) is 25.8 Å². The normalized spacial score (nSPS) is 11.9. The van der Waals surface area contributed by atoms with E-state index in [9.17, 15) is 0 Å². The summed E-state index contributed by atoms with van der Waals surface area (Å²) >= 11 is 0. The molecule has 0 aromatic carbocycles. The molecular formula is C12H21N5O. The summed E-state index contributed by atoms with van der Waals surface area (Å²) in [7, 11) is 5.98. The van der Waals surface area contributed by atoms with E-state index < -0.39 is 0 Å². The second-order valence-electron chi connectivity index (χ2n) is 4.53. The lowest BCUT2D eigenvalue weighted by atomic mass is 10.2. The number of hydrogen-bond donors (Lipinski definition) is 2. The van der Waals surface area contributed by atoms with Crippen molar-refractivity contribution in [3.05, 3.63) is 23.4 Å². The summed E-state index contributed by atoms with van der Waals surface area (Å²) < 4.78 is 0. The van der Waals surface area contributed by atoms with Crippen LogP contribution in [-0.2, 0) is 0 Å². The van der Waals surface area contributed by atoms with Crippen molar-refractivity contribution >= 4 is 11.7 Å². The Morgan fingerprint density at radius 1 is 1.33 bits per heavy atom. The highest BCUT2D eigenvalue weighted by Crippen LogP contribution is 2.17. The molecule has 0 amide bonds. The van der Waals surface area contributed by atoms with Gasteiger partial charge in [-0.3, -0.25) is 0 Å². The first-order valence-electron chi connectivity index (χ1n) is 5.77. The zero-order valence-electron chi connectivity index (χ0n) is 11.4. The predicted octanol–water partition coefficient (Wildman–Crippen LogP) is 0.482. The Kier molecular flexibility index (Phi) is 4.91. The van der Waals surface area contributed by atoms with Crippen molar-refractivity contribution in [2.75, 3.05) is 39.1 Å². The van der Waals surface area contributed by atoms with Gasteiger partial charge < -0.3 is 20.7 Å². The first-order valence-corrected chi connectivity index (χ1v) is 5.77. The molecule has 0 aliphatic carbocycles. The van der Waals surface area contributed by atoms with Gasteiger partial charge in [-0.25, -0.2) is 4.98 Å². The fraction of sp³-hybridized carbons (Fsp3) is 0.500. The smallest absolute Gasteiger partial charge is 0.173 e. The van der Waals surface area contributed by atoms with E-state index in [0.29, 0.717) is 5.56 Å². The summed E-state index contributed by atoms with van der Waals surface area (Å²) in [5.41, 5.74) is 7.20. The summed E-state index contributed by atoms with van der Waals surface area (Å²) in [5.74, 6) is 0.807. The van der Waals surface area contributed by atoms with E-state index >= 15 is 0 Å². The SMILES string of the molecule is Cc1ccc(C(N)=NO)c(N(C)CCN(C)C)n1. The fourth-order valence-corrected chi connectivity index (χ4v) is 1.54. The van der Waals surface area contributed by atoms with Gasteiger partial charge in [0.2, 0.25) is 0 Å². The average Bonchev–Trinajstić information content (AvgIpc) is 2.34. The quantitative estimate of drug-likeness (QED) is 0.344. The zero-order chi connectivity index (χ0) is 13.7. The van der Waals surface area contributed by atoms with Crippen LogP contribution in [0.4, 0.5) is 5.82 Å². The Morgan fingerprint density at radius 3 is 2.56 bits per heavy atom. The van der Waals surface area contributed by atoms with Crippen molar-refractivity contribution in [3.63, 3.8) is 0 Å². The highest BCUT2D eigenvalue weighted by molar-refractivity contribution is 6.01. The monoisotopic (exact) mass is 251 g/mol. The number of anilines is 1. The Bertz CT molecular complexity index is 430. The molecule has 0 atom stereocenters. The molecule has 1 heterocycles. The third kappa shape index (κ3) is 3.59. The molecule has 0 radical (unpaired) electrons. The summed E-state index contributed by atoms with van der Waals surface area (Å²) in [4.78, 5) is 8.55. The highest BCUT2D eigenvalue weighted by atomic mass is 16.4. The van der Waals surface area contributed by atoms with Gasteiger partial charge in [0.25, 0.3) is 0 Å². The maximum absolute atomic E-state index is 8.79. The van der Waals surface area contributed by atoms with E-state index in [-0.39, 0.29) is 5.84 Å². The van der Waals surface area contributed by atoms with Crippen LogP contribution in [0, 0.1) is 6.92 Å². The minimum absolute atomic E-state index is 0.0780. The number of rotatable bonds is 5. The number of hydrogen-bond acceptors (Lipinski definition) is 5. The molecule has 0 spiro atoms. The molecule has 100 valence electrons. The molecule has 0 unspecified atom stereocenters. The lowest BCUT2D eigenvalue weighted by Gasteiger charge is -2.23. The van der Waals surface area contributed by atoms with E-state index in [2.05, 4.69) is 15.0 Å². The van der Waals surface area contributed by atoms with Crippen LogP contribution in [0.15, 0.2) is 17.3 Å². The van der Waals surface area contributed by atoms with Crippen molar-refractivity contribution in [2.24, 2.45) is 10.9 Å². The van der Waals surface area contributed by atoms with E-state index in [1.165, 1.54) is 0 Å². The number of likely N-dealkylation sites (N-methyl/N-ethyl adjacent to an activating group) is 2. The van der Waals surface area contributed by atoms with Crippen molar-refractivity contribution in [1.29, 1.82) is 0 Å². The number of aromatic nitrogens is 1. The molecule has 0 aliphatic heterocycles. The Balaban J connectivity index is 3.01. The van der Waals surface area contributed by atoms with Crippen LogP contribution in [0.1, 0.15) is 11.3 Å². The molecule has 0 fully saturated rings. The topological polar surface area (TPSA) is 78.0 Å². The van der Waals surface area contributed by atoms with Crippen LogP contribution in [-0.4, -0.2) is 55.2 Å². The van der Waals surface area contributed by atoms with Crippen LogP contribution in [0.5, 0.6) is 0 Å². The van der Waals surface area contributed by atoms with Crippen molar-refractivity contribution in [1.82, 2.24) is 9.88 Å². The van der Waals surface area contributed by atoms with Crippen LogP contribution in [0.2, 0.25) is 0 Å². The van der Waals surface area contributed by atoms with Gasteiger partial charge in [-0.1, -0.05) is 5.16 Å². The average molecular weight is 251 g/mol. The highest BCUT2D eigenvalue weighted by Gasteiger charge is 2.13. The number of aryl methyl sites for hydroxylation is 1.